The maximum atomic E-state index is 15.4. The van der Waals surface area contributed by atoms with Gasteiger partial charge in [0.05, 0.1) is 8.07 Å². The van der Waals surface area contributed by atoms with E-state index >= 15 is 4.39 Å². The third kappa shape index (κ3) is 8.35. The van der Waals surface area contributed by atoms with Crippen molar-refractivity contribution in [2.24, 2.45) is 11.8 Å². The summed E-state index contributed by atoms with van der Waals surface area (Å²) < 4.78 is 17.4. The van der Waals surface area contributed by atoms with Crippen molar-refractivity contribution in [2.75, 3.05) is 0 Å². The number of hydrogen-bond acceptors (Lipinski definition) is 3. The van der Waals surface area contributed by atoms with Crippen LogP contribution < -0.4 is 5.19 Å². The van der Waals surface area contributed by atoms with Crippen molar-refractivity contribution in [3.63, 3.8) is 0 Å². The minimum atomic E-state index is -1.34. The average Bonchev–Trinajstić information content (AvgIpc) is 3.69. The molecule has 0 saturated heterocycles. The minimum Gasteiger partial charge on any atom is -0.305 e. The molecule has 0 amide bonds. The SMILES string of the molecule is CC(C)Cc1cc(-c2[c-]cccc2)ncc1[Si](C)(C)C.Fc1c(-c2cc(CC3CCCC3)ccn2)[c-]cc2sc3ccccc3c12.[Ir]. The molecule has 6 heteroatoms. The Bertz CT molecular complexity index is 1940. The van der Waals surface area contributed by atoms with E-state index in [2.05, 4.69) is 80.0 Å². The van der Waals surface area contributed by atoms with Gasteiger partial charge >= 0.3 is 0 Å². The molecule has 1 aliphatic carbocycles. The van der Waals surface area contributed by atoms with Crippen molar-refractivity contribution >= 4 is 44.8 Å². The van der Waals surface area contributed by atoms with E-state index in [1.54, 1.807) is 11.3 Å². The zero-order chi connectivity index (χ0) is 32.3. The number of fused-ring (bicyclic) bond motifs is 3. The Morgan fingerprint density at radius 3 is 2.40 bits per heavy atom. The molecule has 7 rings (SSSR count). The summed E-state index contributed by atoms with van der Waals surface area (Å²) in [5.74, 6) is 1.23. The number of nitrogens with zero attached hydrogens (tertiary/aromatic N) is 2. The monoisotopic (exact) mass is 835 g/mol. The summed E-state index contributed by atoms with van der Waals surface area (Å²) in [5.41, 5.74) is 6.03. The fraction of sp³-hybridized carbons (Fsp3) is 0.317. The molecule has 3 aromatic heterocycles. The number of hydrogen-bond donors (Lipinski definition) is 0. The van der Waals surface area contributed by atoms with Gasteiger partial charge in [-0.3, -0.25) is 4.39 Å². The fourth-order valence-electron chi connectivity index (χ4n) is 6.67. The second kappa shape index (κ2) is 15.5. The van der Waals surface area contributed by atoms with E-state index in [4.69, 9.17) is 0 Å². The number of halogens is 1. The Hall–Kier alpha value is -3.02. The third-order valence-electron chi connectivity index (χ3n) is 8.90. The Morgan fingerprint density at radius 1 is 0.915 bits per heavy atom. The Morgan fingerprint density at radius 2 is 1.68 bits per heavy atom. The summed E-state index contributed by atoms with van der Waals surface area (Å²) in [4.78, 5) is 9.14. The van der Waals surface area contributed by atoms with Crippen LogP contribution in [0.15, 0.2) is 85.2 Å². The summed E-state index contributed by atoms with van der Waals surface area (Å²) in [7, 11) is -1.34. The van der Waals surface area contributed by atoms with Gasteiger partial charge in [-0.15, -0.1) is 48.0 Å². The van der Waals surface area contributed by atoms with Crippen molar-refractivity contribution in [3.05, 3.63) is 114 Å². The molecule has 0 N–H and O–H groups in total. The molecule has 1 saturated carbocycles. The second-order valence-electron chi connectivity index (χ2n) is 14.1. The van der Waals surface area contributed by atoms with Crippen LogP contribution in [0.3, 0.4) is 0 Å². The smallest absolute Gasteiger partial charge is 0.0798 e. The molecule has 1 radical (unpaired) electrons. The maximum Gasteiger partial charge on any atom is 0.0798 e. The van der Waals surface area contributed by atoms with Crippen molar-refractivity contribution in [1.82, 2.24) is 9.97 Å². The first-order chi connectivity index (χ1) is 22.2. The topological polar surface area (TPSA) is 25.8 Å². The molecule has 0 spiro atoms. The summed E-state index contributed by atoms with van der Waals surface area (Å²) in [6.45, 7) is 11.7. The van der Waals surface area contributed by atoms with Crippen LogP contribution in [0.4, 0.5) is 4.39 Å². The van der Waals surface area contributed by atoms with Gasteiger partial charge in [-0.05, 0) is 68.9 Å². The zero-order valence-corrected chi connectivity index (χ0v) is 32.2. The molecular weight excluding hydrogens is 792 g/mol. The van der Waals surface area contributed by atoms with E-state index < -0.39 is 8.07 Å². The van der Waals surface area contributed by atoms with E-state index in [9.17, 15) is 0 Å². The van der Waals surface area contributed by atoms with Crippen LogP contribution >= 0.6 is 11.3 Å². The normalized spacial score (nSPS) is 13.5. The second-order valence-corrected chi connectivity index (χ2v) is 20.2. The van der Waals surface area contributed by atoms with E-state index in [0.717, 1.165) is 44.8 Å². The van der Waals surface area contributed by atoms with Gasteiger partial charge in [-0.1, -0.05) is 106 Å². The molecule has 47 heavy (non-hydrogen) atoms. The maximum absolute atomic E-state index is 15.4. The predicted octanol–water partition coefficient (Wildman–Crippen LogP) is 11.1. The molecule has 0 aliphatic heterocycles. The number of benzene rings is 3. The van der Waals surface area contributed by atoms with Gasteiger partial charge in [-0.2, -0.15) is 11.3 Å². The van der Waals surface area contributed by atoms with E-state index in [-0.39, 0.29) is 25.9 Å². The molecule has 3 aromatic carbocycles. The largest absolute Gasteiger partial charge is 0.305 e. The molecule has 0 atom stereocenters. The average molecular weight is 835 g/mol. The first-order valence-corrected chi connectivity index (χ1v) is 20.9. The number of rotatable bonds is 7. The van der Waals surface area contributed by atoms with Crippen LogP contribution in [-0.4, -0.2) is 18.0 Å². The number of pyridine rings is 2. The van der Waals surface area contributed by atoms with Gasteiger partial charge in [0.25, 0.3) is 0 Å². The molecule has 1 aliphatic rings. The minimum absolute atomic E-state index is 0. The van der Waals surface area contributed by atoms with Gasteiger partial charge in [0.1, 0.15) is 0 Å². The molecule has 245 valence electrons. The van der Waals surface area contributed by atoms with Gasteiger partial charge in [-0.25, -0.2) is 0 Å². The van der Waals surface area contributed by atoms with Crippen molar-refractivity contribution in [1.29, 1.82) is 0 Å². The Labute approximate surface area is 298 Å². The van der Waals surface area contributed by atoms with Crippen molar-refractivity contribution in [3.8, 4) is 22.5 Å². The molecule has 6 aromatic rings. The standard InChI is InChI=1S/C23H19FNS.C18H24NSi.Ir/c24-23-17(9-10-21-22(23)18-7-3-4-8-20(18)26-21)19-14-16(11-12-25-19)13-15-5-1-2-6-15;1-14(2)11-16-12-17(15-9-7-6-8-10-15)19-13-18(16)20(3,4)5;/h3-4,7-8,10-12,14-15H,1-2,5-6,13H2;6-9,12-14H,11H2,1-5H3;/q2*-1;. The van der Waals surface area contributed by atoms with Crippen LogP contribution in [0.2, 0.25) is 19.6 Å². The van der Waals surface area contributed by atoms with E-state index in [0.29, 0.717) is 22.6 Å². The molecule has 2 nitrogen and oxygen atoms in total. The van der Waals surface area contributed by atoms with Crippen LogP contribution in [0.25, 0.3) is 42.7 Å². The van der Waals surface area contributed by atoms with Gasteiger partial charge in [0.2, 0.25) is 0 Å². The van der Waals surface area contributed by atoms with E-state index in [1.165, 1.54) is 42.0 Å². The van der Waals surface area contributed by atoms with Crippen LogP contribution in [0, 0.1) is 29.8 Å². The summed E-state index contributed by atoms with van der Waals surface area (Å²) in [5, 5.41) is 3.16. The molecule has 0 unspecified atom stereocenters. The predicted molar refractivity (Wildman–Crippen MR) is 197 cm³/mol. The van der Waals surface area contributed by atoms with Crippen molar-refractivity contribution in [2.45, 2.75) is 72.0 Å². The van der Waals surface area contributed by atoms with Crippen LogP contribution in [-0.2, 0) is 32.9 Å². The van der Waals surface area contributed by atoms with Gasteiger partial charge in [0.15, 0.2) is 0 Å². The summed E-state index contributed by atoms with van der Waals surface area (Å²) in [6, 6.07) is 30.8. The first kappa shape index (κ1) is 35.3. The fourth-order valence-corrected chi connectivity index (χ4v) is 9.34. The molecule has 3 heterocycles. The first-order valence-electron chi connectivity index (χ1n) is 16.6. The quantitative estimate of drug-likeness (QED) is 0.118. The zero-order valence-electron chi connectivity index (χ0n) is 28.0. The Kier molecular flexibility index (Phi) is 11.6. The van der Waals surface area contributed by atoms with Gasteiger partial charge < -0.3 is 9.97 Å². The van der Waals surface area contributed by atoms with E-state index in [1.807, 2.05) is 60.8 Å². The number of aromatic nitrogens is 2. The third-order valence-corrected chi connectivity index (χ3v) is 12.1. The molecule has 0 bridgehead atoms. The summed E-state index contributed by atoms with van der Waals surface area (Å²) in [6.07, 6.45) is 11.4. The summed E-state index contributed by atoms with van der Waals surface area (Å²) >= 11 is 1.61. The van der Waals surface area contributed by atoms with Crippen LogP contribution in [0.5, 0.6) is 0 Å². The van der Waals surface area contributed by atoms with Crippen LogP contribution in [0.1, 0.15) is 50.7 Å². The van der Waals surface area contributed by atoms with Crippen molar-refractivity contribution < 1.29 is 24.5 Å². The molecular formula is C41H43FIrN2SSi-2. The number of thiophene rings is 1. The van der Waals surface area contributed by atoms with Gasteiger partial charge in [0, 0.05) is 43.0 Å². The molecule has 1 fully saturated rings. The Balaban J connectivity index is 0.000000188.